The van der Waals surface area contributed by atoms with Gasteiger partial charge in [-0.3, -0.25) is 19.3 Å². The van der Waals surface area contributed by atoms with Gasteiger partial charge in [-0.15, -0.1) is 0 Å². The van der Waals surface area contributed by atoms with Gasteiger partial charge in [0, 0.05) is 9.65 Å². The lowest BCUT2D eigenvalue weighted by Crippen LogP contribution is -2.48. The molecular formula is C17H18Br2N2O4. The SMILES string of the molecule is C[C@H](C(=O)NCc1ccco1)N1C(=O)[C@@H]2[C@@H]3C[C@H]([C@H](Br)[C@@H]3Br)[C@@H]2C1=O. The van der Waals surface area contributed by atoms with Crippen molar-refractivity contribution >= 4 is 49.6 Å². The Balaban J connectivity index is 1.48. The van der Waals surface area contributed by atoms with Crippen LogP contribution < -0.4 is 5.32 Å². The molecule has 3 aliphatic rings. The van der Waals surface area contributed by atoms with E-state index in [0.29, 0.717) is 5.76 Å². The van der Waals surface area contributed by atoms with E-state index in [-0.39, 0.29) is 57.6 Å². The molecule has 2 bridgehead atoms. The smallest absolute Gasteiger partial charge is 0.243 e. The van der Waals surface area contributed by atoms with Crippen molar-refractivity contribution in [2.45, 2.75) is 35.6 Å². The Morgan fingerprint density at radius 3 is 2.40 bits per heavy atom. The molecule has 0 aromatic carbocycles. The fraction of sp³-hybridized carbons (Fsp3) is 0.588. The molecule has 7 atom stereocenters. The monoisotopic (exact) mass is 472 g/mol. The molecule has 2 heterocycles. The number of hydrogen-bond acceptors (Lipinski definition) is 4. The number of carbonyl (C=O) groups excluding carboxylic acids is 3. The number of carbonyl (C=O) groups is 3. The van der Waals surface area contributed by atoms with Crippen LogP contribution in [-0.4, -0.2) is 38.3 Å². The van der Waals surface area contributed by atoms with Gasteiger partial charge in [0.15, 0.2) is 0 Å². The maximum absolute atomic E-state index is 12.9. The summed E-state index contributed by atoms with van der Waals surface area (Å²) < 4.78 is 5.18. The number of alkyl halides is 2. The molecule has 1 aromatic rings. The second-order valence-corrected chi connectivity index (χ2v) is 9.14. The summed E-state index contributed by atoms with van der Waals surface area (Å²) in [5.41, 5.74) is 0. The van der Waals surface area contributed by atoms with Crippen LogP contribution in [0.1, 0.15) is 19.1 Å². The van der Waals surface area contributed by atoms with Crippen LogP contribution in [0.15, 0.2) is 22.8 Å². The van der Waals surface area contributed by atoms with Gasteiger partial charge in [-0.1, -0.05) is 31.9 Å². The predicted molar refractivity (Wildman–Crippen MR) is 95.9 cm³/mol. The minimum atomic E-state index is -0.817. The minimum absolute atomic E-state index is 0.152. The van der Waals surface area contributed by atoms with E-state index in [4.69, 9.17) is 4.42 Å². The van der Waals surface area contributed by atoms with Gasteiger partial charge in [0.25, 0.3) is 0 Å². The average Bonchev–Trinajstić information content (AvgIpc) is 3.33. The molecule has 0 unspecified atom stereocenters. The first-order chi connectivity index (χ1) is 11.9. The van der Waals surface area contributed by atoms with Crippen molar-refractivity contribution in [2.75, 3.05) is 0 Å². The van der Waals surface area contributed by atoms with Gasteiger partial charge in [0.2, 0.25) is 17.7 Å². The van der Waals surface area contributed by atoms with Crippen LogP contribution in [0, 0.1) is 23.7 Å². The molecule has 0 spiro atoms. The summed E-state index contributed by atoms with van der Waals surface area (Å²) in [6.07, 6.45) is 2.41. The number of nitrogens with one attached hydrogen (secondary N) is 1. The van der Waals surface area contributed by atoms with Crippen molar-refractivity contribution in [1.29, 1.82) is 0 Å². The molecule has 1 aliphatic heterocycles. The van der Waals surface area contributed by atoms with E-state index < -0.39 is 6.04 Å². The van der Waals surface area contributed by atoms with Crippen molar-refractivity contribution in [1.82, 2.24) is 10.2 Å². The summed E-state index contributed by atoms with van der Waals surface area (Å²) in [4.78, 5) is 39.8. The summed E-state index contributed by atoms with van der Waals surface area (Å²) in [5.74, 6) is -0.417. The number of likely N-dealkylation sites (tertiary alicyclic amines) is 1. The summed E-state index contributed by atoms with van der Waals surface area (Å²) >= 11 is 7.32. The van der Waals surface area contributed by atoms with Gasteiger partial charge in [-0.25, -0.2) is 0 Å². The van der Waals surface area contributed by atoms with Crippen molar-refractivity contribution in [3.63, 3.8) is 0 Å². The molecule has 3 fully saturated rings. The standard InChI is InChI=1S/C17H18Br2N2O4/c1-7(15(22)20-6-8-3-2-4-25-8)21-16(23)11-9-5-10(12(11)17(21)24)14(19)13(9)18/h2-4,7,9-14H,5-6H2,1H3,(H,20,22)/t7-,9+,10+,11-,12+,13-,14+/m1/s1. The quantitative estimate of drug-likeness (QED) is 0.536. The highest BCUT2D eigenvalue weighted by atomic mass is 79.9. The number of nitrogens with zero attached hydrogens (tertiary/aromatic N) is 1. The van der Waals surface area contributed by atoms with Gasteiger partial charge in [0.05, 0.1) is 24.6 Å². The van der Waals surface area contributed by atoms with E-state index >= 15 is 0 Å². The number of halogens is 2. The summed E-state index contributed by atoms with van der Waals surface area (Å²) in [6.45, 7) is 1.84. The minimum Gasteiger partial charge on any atom is -0.467 e. The van der Waals surface area contributed by atoms with Gasteiger partial charge in [-0.05, 0) is 37.3 Å². The molecule has 25 heavy (non-hydrogen) atoms. The highest BCUT2D eigenvalue weighted by Crippen LogP contribution is 2.60. The summed E-state index contributed by atoms with van der Waals surface area (Å²) in [5, 5.41) is 2.73. The molecule has 6 nitrogen and oxygen atoms in total. The van der Waals surface area contributed by atoms with Crippen LogP contribution in [0.5, 0.6) is 0 Å². The zero-order valence-corrected chi connectivity index (χ0v) is 16.7. The van der Waals surface area contributed by atoms with Crippen LogP contribution in [0.25, 0.3) is 0 Å². The second-order valence-electron chi connectivity index (χ2n) is 7.02. The Labute approximate surface area is 161 Å². The fourth-order valence-electron chi connectivity index (χ4n) is 4.61. The Morgan fingerprint density at radius 1 is 1.28 bits per heavy atom. The summed E-state index contributed by atoms with van der Waals surface area (Å²) in [7, 11) is 0. The zero-order chi connectivity index (χ0) is 17.9. The number of amides is 3. The Bertz CT molecular complexity index is 690. The summed E-state index contributed by atoms with van der Waals surface area (Å²) in [6, 6.07) is 2.68. The Morgan fingerprint density at radius 2 is 1.88 bits per heavy atom. The van der Waals surface area contributed by atoms with E-state index in [1.54, 1.807) is 19.1 Å². The van der Waals surface area contributed by atoms with Gasteiger partial charge in [-0.2, -0.15) is 0 Å². The second kappa shape index (κ2) is 6.23. The molecule has 2 aliphatic carbocycles. The number of fused-ring (bicyclic) bond motifs is 5. The topological polar surface area (TPSA) is 79.6 Å². The van der Waals surface area contributed by atoms with Gasteiger partial charge in [0.1, 0.15) is 11.8 Å². The predicted octanol–water partition coefficient (Wildman–Crippen LogP) is 2.06. The third kappa shape index (κ3) is 2.51. The number of hydrogen-bond donors (Lipinski definition) is 1. The van der Waals surface area contributed by atoms with Crippen molar-refractivity contribution in [2.24, 2.45) is 23.7 Å². The van der Waals surface area contributed by atoms with Gasteiger partial charge < -0.3 is 9.73 Å². The first-order valence-corrected chi connectivity index (χ1v) is 10.2. The van der Waals surface area contributed by atoms with Gasteiger partial charge >= 0.3 is 0 Å². The van der Waals surface area contributed by atoms with Crippen molar-refractivity contribution in [3.05, 3.63) is 24.2 Å². The average molecular weight is 474 g/mol. The lowest BCUT2D eigenvalue weighted by molar-refractivity contribution is -0.148. The molecule has 4 rings (SSSR count). The third-order valence-corrected chi connectivity index (χ3v) is 9.01. The maximum atomic E-state index is 12.9. The first kappa shape index (κ1) is 17.3. The van der Waals surface area contributed by atoms with E-state index in [9.17, 15) is 14.4 Å². The van der Waals surface area contributed by atoms with Crippen LogP contribution in [0.2, 0.25) is 0 Å². The Hall–Kier alpha value is -1.15. The molecule has 2 saturated carbocycles. The maximum Gasteiger partial charge on any atom is 0.243 e. The number of furan rings is 1. The number of rotatable bonds is 4. The van der Waals surface area contributed by atoms with Crippen LogP contribution in [0.3, 0.4) is 0 Å². The molecule has 134 valence electrons. The highest BCUT2D eigenvalue weighted by Gasteiger charge is 2.67. The first-order valence-electron chi connectivity index (χ1n) is 8.37. The van der Waals surface area contributed by atoms with Crippen molar-refractivity contribution < 1.29 is 18.8 Å². The van der Waals surface area contributed by atoms with E-state index in [1.165, 1.54) is 11.2 Å². The molecule has 3 amide bonds. The fourth-order valence-corrected chi connectivity index (χ4v) is 6.48. The van der Waals surface area contributed by atoms with Crippen LogP contribution in [-0.2, 0) is 20.9 Å². The largest absolute Gasteiger partial charge is 0.467 e. The van der Waals surface area contributed by atoms with Crippen molar-refractivity contribution in [3.8, 4) is 0 Å². The molecule has 1 aromatic heterocycles. The van der Waals surface area contributed by atoms with Crippen LogP contribution in [0.4, 0.5) is 0 Å². The zero-order valence-electron chi connectivity index (χ0n) is 13.5. The molecule has 8 heteroatoms. The lowest BCUT2D eigenvalue weighted by atomic mass is 9.81. The van der Waals surface area contributed by atoms with E-state index in [1.807, 2.05) is 0 Å². The third-order valence-electron chi connectivity index (χ3n) is 5.80. The molecule has 1 N–H and O–H groups in total. The van der Waals surface area contributed by atoms with Crippen LogP contribution >= 0.6 is 31.9 Å². The number of imide groups is 1. The molecule has 1 saturated heterocycles. The Kier molecular flexibility index (Phi) is 4.30. The highest BCUT2D eigenvalue weighted by molar-refractivity contribution is 9.12. The lowest BCUT2D eigenvalue weighted by Gasteiger charge is -2.28. The molecule has 0 radical (unpaired) electrons. The normalized spacial score (nSPS) is 37.5. The molecular weight excluding hydrogens is 456 g/mol. The van der Waals surface area contributed by atoms with E-state index in [0.717, 1.165) is 6.42 Å². The van der Waals surface area contributed by atoms with E-state index in [2.05, 4.69) is 37.2 Å².